The molecule has 0 aromatic carbocycles. The predicted octanol–water partition coefficient (Wildman–Crippen LogP) is 5.55. The fraction of sp³-hybridized carbons (Fsp3) is 1.00. The summed E-state index contributed by atoms with van der Waals surface area (Å²) in [5.41, 5.74) is 0.909. The Kier molecular flexibility index (Phi) is 3.67. The van der Waals surface area contributed by atoms with Crippen LogP contribution in [0.2, 0.25) is 0 Å². The van der Waals surface area contributed by atoms with Crippen molar-refractivity contribution in [2.45, 2.75) is 90.3 Å². The molecule has 1 spiro atoms. The summed E-state index contributed by atoms with van der Waals surface area (Å²) in [6.07, 6.45) is 15.7. The summed E-state index contributed by atoms with van der Waals surface area (Å²) in [5.74, 6) is 3.55. The molecule has 0 radical (unpaired) electrons. The van der Waals surface area contributed by atoms with Crippen molar-refractivity contribution in [1.82, 2.24) is 0 Å². The van der Waals surface area contributed by atoms with E-state index in [0.29, 0.717) is 5.41 Å². The van der Waals surface area contributed by atoms with E-state index < -0.39 is 0 Å². The van der Waals surface area contributed by atoms with Gasteiger partial charge in [-0.05, 0) is 74.0 Å². The van der Waals surface area contributed by atoms with E-state index in [9.17, 15) is 0 Å². The highest BCUT2D eigenvalue weighted by Crippen LogP contribution is 2.69. The van der Waals surface area contributed by atoms with Gasteiger partial charge in [0.1, 0.15) is 0 Å². The first-order valence-corrected chi connectivity index (χ1v) is 10.9. The molecule has 4 saturated carbocycles. The van der Waals surface area contributed by atoms with Crippen molar-refractivity contribution >= 4 is 0 Å². The number of rotatable bonds is 0. The van der Waals surface area contributed by atoms with E-state index in [2.05, 4.69) is 13.8 Å². The maximum absolute atomic E-state index is 6.28. The lowest BCUT2D eigenvalue weighted by atomic mass is 9.46. The number of hydrogen-bond donors (Lipinski definition) is 0. The fourth-order valence-electron chi connectivity index (χ4n) is 8.36. The molecular weight excluding hydrogens is 296 g/mol. The Labute approximate surface area is 148 Å². The normalized spacial score (nSPS) is 53.2. The van der Waals surface area contributed by atoms with Crippen molar-refractivity contribution < 1.29 is 9.47 Å². The fourth-order valence-corrected chi connectivity index (χ4v) is 8.36. The smallest absolute Gasteiger partial charge is 0.174 e. The van der Waals surface area contributed by atoms with Gasteiger partial charge in [0.25, 0.3) is 0 Å². The van der Waals surface area contributed by atoms with Crippen LogP contribution in [0.5, 0.6) is 0 Å². The van der Waals surface area contributed by atoms with Crippen molar-refractivity contribution in [1.29, 1.82) is 0 Å². The molecule has 5 rings (SSSR count). The largest absolute Gasteiger partial charge is 0.347 e. The second-order valence-electron chi connectivity index (χ2n) is 10.2. The zero-order valence-electron chi connectivity index (χ0n) is 15.8. The Hall–Kier alpha value is -0.0800. The monoisotopic (exact) mass is 332 g/mol. The number of ether oxygens (including phenoxy) is 2. The molecule has 2 heteroatoms. The number of fused-ring (bicyclic) bond motifs is 6. The molecule has 3 unspecified atom stereocenters. The molecule has 6 atom stereocenters. The predicted molar refractivity (Wildman–Crippen MR) is 95.6 cm³/mol. The van der Waals surface area contributed by atoms with Crippen molar-refractivity contribution in [3.05, 3.63) is 0 Å². The van der Waals surface area contributed by atoms with Crippen LogP contribution in [0.15, 0.2) is 0 Å². The van der Waals surface area contributed by atoms with Gasteiger partial charge >= 0.3 is 0 Å². The minimum absolute atomic E-state index is 0.218. The van der Waals surface area contributed by atoms with Gasteiger partial charge < -0.3 is 9.47 Å². The van der Waals surface area contributed by atoms with Crippen molar-refractivity contribution in [3.8, 4) is 0 Å². The molecule has 0 amide bonds. The Morgan fingerprint density at radius 2 is 1.50 bits per heavy atom. The summed E-state index contributed by atoms with van der Waals surface area (Å²) in [4.78, 5) is 0. The zero-order valence-corrected chi connectivity index (χ0v) is 15.8. The highest BCUT2D eigenvalue weighted by molar-refractivity contribution is 5.12. The standard InChI is InChI=1S/C22H36O2/c1-20-11-5-3-4-6-16(20)7-8-17-18(20)9-12-21(2)19(17)10-13-22(21)23-14-15-24-22/h16-19H,3-15H2,1-2H3/t16?,17-,18?,19?,20+,21+/m1/s1. The average Bonchev–Trinajstić information content (AvgIpc) is 3.10. The van der Waals surface area contributed by atoms with Gasteiger partial charge in [-0.1, -0.05) is 33.1 Å². The average molecular weight is 333 g/mol. The van der Waals surface area contributed by atoms with Crippen LogP contribution in [-0.2, 0) is 9.47 Å². The summed E-state index contributed by atoms with van der Waals surface area (Å²) >= 11 is 0. The van der Waals surface area contributed by atoms with Gasteiger partial charge in [-0.2, -0.15) is 0 Å². The first-order valence-electron chi connectivity index (χ1n) is 10.9. The van der Waals surface area contributed by atoms with Gasteiger partial charge in [-0.3, -0.25) is 0 Å². The second kappa shape index (κ2) is 5.46. The van der Waals surface area contributed by atoms with Crippen LogP contribution in [-0.4, -0.2) is 19.0 Å². The minimum Gasteiger partial charge on any atom is -0.347 e. The molecule has 2 nitrogen and oxygen atoms in total. The molecule has 4 aliphatic carbocycles. The summed E-state index contributed by atoms with van der Waals surface area (Å²) in [7, 11) is 0. The molecule has 0 aromatic rings. The van der Waals surface area contributed by atoms with Crippen LogP contribution in [0.25, 0.3) is 0 Å². The van der Waals surface area contributed by atoms with Crippen LogP contribution in [0.4, 0.5) is 0 Å². The van der Waals surface area contributed by atoms with Crippen LogP contribution in [0.3, 0.4) is 0 Å². The highest BCUT2D eigenvalue weighted by atomic mass is 16.7. The zero-order chi connectivity index (χ0) is 16.4. The molecule has 136 valence electrons. The van der Waals surface area contributed by atoms with Gasteiger partial charge in [0.05, 0.1) is 13.2 Å². The van der Waals surface area contributed by atoms with Crippen LogP contribution in [0.1, 0.15) is 84.5 Å². The lowest BCUT2D eigenvalue weighted by Crippen LogP contribution is -2.55. The van der Waals surface area contributed by atoms with Gasteiger partial charge in [0.15, 0.2) is 5.79 Å². The first kappa shape index (κ1) is 16.1. The minimum atomic E-state index is -0.218. The molecule has 1 heterocycles. The Morgan fingerprint density at radius 1 is 0.708 bits per heavy atom. The third-order valence-electron chi connectivity index (χ3n) is 9.63. The Bertz CT molecular complexity index is 494. The molecule has 5 aliphatic rings. The Morgan fingerprint density at radius 3 is 2.33 bits per heavy atom. The van der Waals surface area contributed by atoms with E-state index in [1.54, 1.807) is 0 Å². The van der Waals surface area contributed by atoms with E-state index in [1.165, 1.54) is 64.2 Å². The summed E-state index contributed by atoms with van der Waals surface area (Å²) in [6, 6.07) is 0. The van der Waals surface area contributed by atoms with Crippen LogP contribution in [0, 0.1) is 34.5 Å². The molecule has 0 aromatic heterocycles. The quantitative estimate of drug-likeness (QED) is 0.579. The van der Waals surface area contributed by atoms with E-state index >= 15 is 0 Å². The van der Waals surface area contributed by atoms with Gasteiger partial charge in [-0.15, -0.1) is 0 Å². The van der Waals surface area contributed by atoms with Gasteiger partial charge in [0.2, 0.25) is 0 Å². The third kappa shape index (κ3) is 1.96. The molecule has 0 bridgehead atoms. The summed E-state index contributed by atoms with van der Waals surface area (Å²) in [6.45, 7) is 6.84. The van der Waals surface area contributed by atoms with E-state index in [1.807, 2.05) is 0 Å². The molecule has 1 saturated heterocycles. The highest BCUT2D eigenvalue weighted by Gasteiger charge is 2.66. The lowest BCUT2D eigenvalue weighted by Gasteiger charge is -2.59. The molecule has 5 fully saturated rings. The maximum atomic E-state index is 6.28. The van der Waals surface area contributed by atoms with Crippen molar-refractivity contribution in [2.75, 3.05) is 13.2 Å². The SMILES string of the molecule is C[C@]12CCCCCC1CC[C@@H]1C2CC[C@@]2(C)C1CCC21OCCO1. The van der Waals surface area contributed by atoms with Crippen LogP contribution >= 0.6 is 0 Å². The molecule has 24 heavy (non-hydrogen) atoms. The molecule has 0 N–H and O–H groups in total. The lowest BCUT2D eigenvalue weighted by molar-refractivity contribution is -0.246. The van der Waals surface area contributed by atoms with E-state index in [4.69, 9.17) is 9.47 Å². The maximum Gasteiger partial charge on any atom is 0.174 e. The van der Waals surface area contributed by atoms with Gasteiger partial charge in [0, 0.05) is 11.8 Å². The van der Waals surface area contributed by atoms with E-state index in [0.717, 1.165) is 43.3 Å². The second-order valence-corrected chi connectivity index (χ2v) is 10.2. The van der Waals surface area contributed by atoms with E-state index in [-0.39, 0.29) is 11.2 Å². The van der Waals surface area contributed by atoms with Crippen molar-refractivity contribution in [3.63, 3.8) is 0 Å². The molecular formula is C22H36O2. The van der Waals surface area contributed by atoms with Crippen molar-refractivity contribution in [2.24, 2.45) is 34.5 Å². The topological polar surface area (TPSA) is 18.5 Å². The van der Waals surface area contributed by atoms with Gasteiger partial charge in [-0.25, -0.2) is 0 Å². The molecule has 1 aliphatic heterocycles. The third-order valence-corrected chi connectivity index (χ3v) is 9.63. The first-order chi connectivity index (χ1) is 11.6. The summed E-state index contributed by atoms with van der Waals surface area (Å²) in [5, 5.41) is 0. The summed E-state index contributed by atoms with van der Waals surface area (Å²) < 4.78 is 12.6. The van der Waals surface area contributed by atoms with Crippen LogP contribution < -0.4 is 0 Å². The Balaban J connectivity index is 1.46. The number of hydrogen-bond acceptors (Lipinski definition) is 2.